The van der Waals surface area contributed by atoms with E-state index in [-0.39, 0.29) is 35.1 Å². The molecule has 3 aliphatic rings. The summed E-state index contributed by atoms with van der Waals surface area (Å²) in [5.41, 5.74) is 4.05. The SMILES string of the molecule is CC1=C2C[C@H]3[C@@H](C[C@@]2(C)CCC1)OC(=O)[C@@H]3CN(C)C[C@H](O)c1ccc(O)cc1. The first-order chi connectivity index (χ1) is 13.8. The molecule has 2 fully saturated rings. The van der Waals surface area contributed by atoms with E-state index in [1.54, 1.807) is 29.8 Å². The predicted octanol–water partition coefficient (Wildman–Crippen LogP) is 3.82. The number of aliphatic hydroxyl groups excluding tert-OH is 1. The molecule has 1 aliphatic heterocycles. The fraction of sp³-hybridized carbons (Fsp3) is 0.625. The van der Waals surface area contributed by atoms with Crippen LogP contribution in [0.1, 0.15) is 57.6 Å². The monoisotopic (exact) mass is 399 g/mol. The van der Waals surface area contributed by atoms with Crippen LogP contribution in [0.25, 0.3) is 0 Å². The van der Waals surface area contributed by atoms with Crippen molar-refractivity contribution in [2.45, 2.75) is 58.2 Å². The number of phenols is 1. The van der Waals surface area contributed by atoms with E-state index in [1.165, 1.54) is 24.8 Å². The summed E-state index contributed by atoms with van der Waals surface area (Å²) in [7, 11) is 1.95. The van der Waals surface area contributed by atoms with Crippen molar-refractivity contribution in [1.82, 2.24) is 4.90 Å². The van der Waals surface area contributed by atoms with Gasteiger partial charge in [-0.05, 0) is 69.2 Å². The lowest BCUT2D eigenvalue weighted by Crippen LogP contribution is -2.41. The third-order valence-electron chi connectivity index (χ3n) is 7.45. The van der Waals surface area contributed by atoms with E-state index in [4.69, 9.17) is 4.74 Å². The smallest absolute Gasteiger partial charge is 0.310 e. The highest BCUT2D eigenvalue weighted by Gasteiger charge is 2.53. The standard InChI is InChI=1S/C24H33NO4/c1-15-5-4-10-24(2)12-22-18(11-20(15)24)19(23(28)29-22)13-25(3)14-21(27)16-6-8-17(26)9-7-16/h6-9,18-19,21-22,26-27H,4-5,10-14H2,1-3H3/t18-,19-,21+,22-,24-/m1/s1. The normalized spacial score (nSPS) is 32.7. The Morgan fingerprint density at radius 3 is 2.76 bits per heavy atom. The number of likely N-dealkylation sites (N-methyl/N-ethyl adjacent to an activating group) is 1. The van der Waals surface area contributed by atoms with Crippen molar-refractivity contribution in [1.29, 1.82) is 0 Å². The maximum absolute atomic E-state index is 12.7. The number of hydrogen-bond donors (Lipinski definition) is 2. The average molecular weight is 400 g/mol. The van der Waals surface area contributed by atoms with E-state index >= 15 is 0 Å². The summed E-state index contributed by atoms with van der Waals surface area (Å²) in [4.78, 5) is 14.7. The first-order valence-electron chi connectivity index (χ1n) is 10.8. The van der Waals surface area contributed by atoms with Crippen molar-refractivity contribution in [3.8, 4) is 5.75 Å². The molecule has 2 N–H and O–H groups in total. The molecule has 1 aromatic carbocycles. The van der Waals surface area contributed by atoms with Gasteiger partial charge >= 0.3 is 5.97 Å². The zero-order valence-corrected chi connectivity index (χ0v) is 17.7. The number of allylic oxidation sites excluding steroid dienone is 2. The van der Waals surface area contributed by atoms with Crippen LogP contribution in [0.4, 0.5) is 0 Å². The molecule has 0 bridgehead atoms. The maximum Gasteiger partial charge on any atom is 0.310 e. The Labute approximate surface area is 173 Å². The Kier molecular flexibility index (Phi) is 5.47. The van der Waals surface area contributed by atoms with Gasteiger partial charge in [0.25, 0.3) is 0 Å². The Bertz CT molecular complexity index is 802. The van der Waals surface area contributed by atoms with E-state index in [0.29, 0.717) is 13.1 Å². The van der Waals surface area contributed by atoms with Gasteiger partial charge in [0.05, 0.1) is 12.0 Å². The summed E-state index contributed by atoms with van der Waals surface area (Å²) in [5.74, 6) is 0.216. The van der Waals surface area contributed by atoms with Crippen LogP contribution in [-0.4, -0.2) is 47.3 Å². The van der Waals surface area contributed by atoms with Gasteiger partial charge in [0.2, 0.25) is 0 Å². The minimum absolute atomic E-state index is 0.0302. The summed E-state index contributed by atoms with van der Waals surface area (Å²) >= 11 is 0. The molecule has 2 aliphatic carbocycles. The van der Waals surface area contributed by atoms with Gasteiger partial charge < -0.3 is 19.8 Å². The van der Waals surface area contributed by atoms with Gasteiger partial charge in [0.1, 0.15) is 11.9 Å². The summed E-state index contributed by atoms with van der Waals surface area (Å²) in [5, 5.41) is 20.0. The van der Waals surface area contributed by atoms with Crippen molar-refractivity contribution in [3.63, 3.8) is 0 Å². The molecule has 5 heteroatoms. The number of hydrogen-bond acceptors (Lipinski definition) is 5. The molecule has 158 valence electrons. The fourth-order valence-electron chi connectivity index (χ4n) is 5.83. The molecule has 1 heterocycles. The summed E-state index contributed by atoms with van der Waals surface area (Å²) in [6.45, 7) is 5.64. The second-order valence-electron chi connectivity index (χ2n) is 9.66. The van der Waals surface area contributed by atoms with E-state index in [1.807, 2.05) is 11.9 Å². The lowest BCUT2D eigenvalue weighted by Gasteiger charge is -2.46. The lowest BCUT2D eigenvalue weighted by molar-refractivity contribution is -0.145. The number of nitrogens with zero attached hydrogens (tertiary/aromatic N) is 1. The molecule has 0 unspecified atom stereocenters. The zero-order chi connectivity index (χ0) is 20.8. The van der Waals surface area contributed by atoms with Gasteiger partial charge in [0, 0.05) is 19.0 Å². The molecule has 1 saturated carbocycles. The van der Waals surface area contributed by atoms with Gasteiger partial charge in [-0.15, -0.1) is 0 Å². The first kappa shape index (κ1) is 20.4. The molecule has 29 heavy (non-hydrogen) atoms. The van der Waals surface area contributed by atoms with Crippen LogP contribution in [0.3, 0.4) is 0 Å². The molecule has 0 radical (unpaired) electrons. The number of ether oxygens (including phenoxy) is 1. The summed E-state index contributed by atoms with van der Waals surface area (Å²) in [6, 6.07) is 6.62. The second kappa shape index (κ2) is 7.77. The first-order valence-corrected chi connectivity index (χ1v) is 10.8. The average Bonchev–Trinajstić information content (AvgIpc) is 2.94. The highest BCUT2D eigenvalue weighted by molar-refractivity contribution is 5.76. The van der Waals surface area contributed by atoms with Crippen molar-refractivity contribution in [3.05, 3.63) is 41.0 Å². The predicted molar refractivity (Wildman–Crippen MR) is 111 cm³/mol. The largest absolute Gasteiger partial charge is 0.508 e. The van der Waals surface area contributed by atoms with Crippen molar-refractivity contribution >= 4 is 5.97 Å². The van der Waals surface area contributed by atoms with E-state index in [2.05, 4.69) is 13.8 Å². The summed E-state index contributed by atoms with van der Waals surface area (Å²) < 4.78 is 5.85. The number of rotatable bonds is 5. The quantitative estimate of drug-likeness (QED) is 0.582. The molecule has 5 atom stereocenters. The van der Waals surface area contributed by atoms with E-state index < -0.39 is 6.10 Å². The molecular weight excluding hydrogens is 366 g/mol. The molecule has 5 nitrogen and oxygen atoms in total. The minimum Gasteiger partial charge on any atom is -0.508 e. The van der Waals surface area contributed by atoms with Crippen LogP contribution in [-0.2, 0) is 9.53 Å². The lowest BCUT2D eigenvalue weighted by atomic mass is 9.59. The molecule has 1 saturated heterocycles. The number of carbonyl (C=O) groups excluding carboxylic acids is 1. The second-order valence-corrected chi connectivity index (χ2v) is 9.66. The van der Waals surface area contributed by atoms with Crippen LogP contribution < -0.4 is 0 Å². The number of carbonyl (C=O) groups is 1. The molecule has 4 rings (SSSR count). The topological polar surface area (TPSA) is 70.0 Å². The van der Waals surface area contributed by atoms with Crippen LogP contribution in [0.2, 0.25) is 0 Å². The minimum atomic E-state index is -0.660. The molecular formula is C24H33NO4. The number of aromatic hydroxyl groups is 1. The Balaban J connectivity index is 1.43. The molecule has 1 aromatic rings. The van der Waals surface area contributed by atoms with Crippen molar-refractivity contribution < 1.29 is 19.7 Å². The zero-order valence-electron chi connectivity index (χ0n) is 17.7. The van der Waals surface area contributed by atoms with E-state index in [9.17, 15) is 15.0 Å². The maximum atomic E-state index is 12.7. The van der Waals surface area contributed by atoms with Gasteiger partial charge in [-0.25, -0.2) is 0 Å². The van der Waals surface area contributed by atoms with Gasteiger partial charge in [-0.3, -0.25) is 4.79 Å². The van der Waals surface area contributed by atoms with Crippen molar-refractivity contribution in [2.75, 3.05) is 20.1 Å². The number of esters is 1. The third-order valence-corrected chi connectivity index (χ3v) is 7.45. The van der Waals surface area contributed by atoms with Crippen LogP contribution >= 0.6 is 0 Å². The van der Waals surface area contributed by atoms with E-state index in [0.717, 1.165) is 18.4 Å². The Morgan fingerprint density at radius 2 is 2.03 bits per heavy atom. The highest BCUT2D eigenvalue weighted by Crippen LogP contribution is 2.55. The van der Waals surface area contributed by atoms with Gasteiger partial charge in [-0.2, -0.15) is 0 Å². The number of aliphatic hydroxyl groups is 1. The van der Waals surface area contributed by atoms with Crippen LogP contribution in [0, 0.1) is 17.3 Å². The third kappa shape index (κ3) is 3.95. The molecule has 0 aromatic heterocycles. The van der Waals surface area contributed by atoms with Crippen LogP contribution in [0.15, 0.2) is 35.4 Å². The molecule has 0 spiro atoms. The van der Waals surface area contributed by atoms with Gasteiger partial charge in [-0.1, -0.05) is 30.2 Å². The number of fused-ring (bicyclic) bond motifs is 2. The number of benzene rings is 1. The summed E-state index contributed by atoms with van der Waals surface area (Å²) in [6.07, 6.45) is 4.90. The Morgan fingerprint density at radius 1 is 1.31 bits per heavy atom. The van der Waals surface area contributed by atoms with Crippen LogP contribution in [0.5, 0.6) is 5.75 Å². The Hall–Kier alpha value is -1.85. The highest BCUT2D eigenvalue weighted by atomic mass is 16.6. The fourth-order valence-corrected chi connectivity index (χ4v) is 5.83. The molecule has 0 amide bonds. The van der Waals surface area contributed by atoms with Crippen molar-refractivity contribution in [2.24, 2.45) is 17.3 Å². The number of phenolic OH excluding ortho intramolecular Hbond substituents is 1. The van der Waals surface area contributed by atoms with Gasteiger partial charge in [0.15, 0.2) is 0 Å².